The predicted octanol–water partition coefficient (Wildman–Crippen LogP) is 5.95. The van der Waals surface area contributed by atoms with Gasteiger partial charge in [0.05, 0.1) is 38.1 Å². The van der Waals surface area contributed by atoms with Crippen LogP contribution in [0.2, 0.25) is 0 Å². The fraction of sp³-hybridized carbons (Fsp3) is 0.120. The number of hydrazone groups is 1. The third-order valence-electron chi connectivity index (χ3n) is 4.77. The first kappa shape index (κ1) is 21.4. The van der Waals surface area contributed by atoms with Crippen LogP contribution < -0.4 is 19.6 Å². The molecule has 0 fully saturated rings. The maximum Gasteiger partial charge on any atom is 0.204 e. The summed E-state index contributed by atoms with van der Waals surface area (Å²) in [5.74, 6) is 1.68. The summed E-state index contributed by atoms with van der Waals surface area (Å²) in [7, 11) is 4.75. The minimum atomic E-state index is 0.542. The van der Waals surface area contributed by atoms with Gasteiger partial charge in [-0.2, -0.15) is 5.10 Å². The van der Waals surface area contributed by atoms with Crippen molar-refractivity contribution >= 4 is 22.7 Å². The summed E-state index contributed by atoms with van der Waals surface area (Å²) in [6, 6.07) is 24.0. The van der Waals surface area contributed by atoms with Crippen molar-refractivity contribution in [3.63, 3.8) is 0 Å². The molecule has 0 aliphatic rings. The number of anilines is 1. The number of methoxy groups -OCH3 is 3. The van der Waals surface area contributed by atoms with Crippen molar-refractivity contribution in [2.75, 3.05) is 26.8 Å². The largest absolute Gasteiger partial charge is 0.493 e. The van der Waals surface area contributed by atoms with Crippen molar-refractivity contribution in [3.8, 4) is 38.9 Å². The average Bonchev–Trinajstić information content (AvgIpc) is 3.28. The molecule has 0 atom stereocenters. The molecule has 0 saturated heterocycles. The van der Waals surface area contributed by atoms with Crippen LogP contribution in [0.4, 0.5) is 5.13 Å². The summed E-state index contributed by atoms with van der Waals surface area (Å²) in [6.07, 6.45) is 1.69. The molecule has 4 rings (SSSR count). The fourth-order valence-corrected chi connectivity index (χ4v) is 4.23. The van der Waals surface area contributed by atoms with Gasteiger partial charge in [-0.1, -0.05) is 72.0 Å². The van der Waals surface area contributed by atoms with E-state index < -0.39 is 0 Å². The van der Waals surface area contributed by atoms with E-state index in [4.69, 9.17) is 19.2 Å². The van der Waals surface area contributed by atoms with Gasteiger partial charge in [-0.05, 0) is 17.7 Å². The van der Waals surface area contributed by atoms with Crippen LogP contribution in [-0.2, 0) is 0 Å². The van der Waals surface area contributed by atoms with Gasteiger partial charge in [-0.25, -0.2) is 4.98 Å². The monoisotopic (exact) mass is 445 g/mol. The van der Waals surface area contributed by atoms with Crippen LogP contribution >= 0.6 is 11.3 Å². The van der Waals surface area contributed by atoms with E-state index in [1.165, 1.54) is 0 Å². The predicted molar refractivity (Wildman–Crippen MR) is 130 cm³/mol. The van der Waals surface area contributed by atoms with Crippen molar-refractivity contribution in [1.29, 1.82) is 0 Å². The van der Waals surface area contributed by atoms with E-state index >= 15 is 0 Å². The van der Waals surface area contributed by atoms with Crippen molar-refractivity contribution in [3.05, 3.63) is 78.4 Å². The van der Waals surface area contributed by atoms with E-state index in [2.05, 4.69) is 34.8 Å². The minimum absolute atomic E-state index is 0.542. The number of nitrogens with zero attached hydrogens (tertiary/aromatic N) is 2. The first-order valence-electron chi connectivity index (χ1n) is 9.94. The van der Waals surface area contributed by atoms with E-state index in [9.17, 15) is 0 Å². The van der Waals surface area contributed by atoms with Gasteiger partial charge in [-0.15, -0.1) is 0 Å². The van der Waals surface area contributed by atoms with E-state index in [1.54, 1.807) is 38.9 Å². The average molecular weight is 446 g/mol. The molecule has 1 aromatic heterocycles. The second-order valence-corrected chi connectivity index (χ2v) is 7.76. The van der Waals surface area contributed by atoms with Crippen LogP contribution in [0.1, 0.15) is 5.56 Å². The van der Waals surface area contributed by atoms with Gasteiger partial charge in [-0.3, -0.25) is 5.43 Å². The van der Waals surface area contributed by atoms with Gasteiger partial charge < -0.3 is 14.2 Å². The van der Waals surface area contributed by atoms with Crippen molar-refractivity contribution in [1.82, 2.24) is 4.98 Å². The highest BCUT2D eigenvalue weighted by atomic mass is 32.1. The Morgan fingerprint density at radius 2 is 1.41 bits per heavy atom. The number of rotatable bonds is 8. The summed E-state index contributed by atoms with van der Waals surface area (Å²) in [6.45, 7) is 0. The molecule has 0 amide bonds. The van der Waals surface area contributed by atoms with Crippen LogP contribution in [-0.4, -0.2) is 32.5 Å². The summed E-state index contributed by atoms with van der Waals surface area (Å²) >= 11 is 1.56. The van der Waals surface area contributed by atoms with Crippen LogP contribution in [0.5, 0.6) is 17.2 Å². The second-order valence-electron chi connectivity index (χ2n) is 6.76. The van der Waals surface area contributed by atoms with Crippen LogP contribution in [0, 0.1) is 0 Å². The molecule has 6 nitrogen and oxygen atoms in total. The zero-order chi connectivity index (χ0) is 22.3. The number of hydrogen-bond donors (Lipinski definition) is 1. The molecule has 0 aliphatic heterocycles. The molecule has 1 heterocycles. The normalized spacial score (nSPS) is 10.8. The van der Waals surface area contributed by atoms with Crippen LogP contribution in [0.25, 0.3) is 21.7 Å². The van der Waals surface area contributed by atoms with Gasteiger partial charge >= 0.3 is 0 Å². The molecule has 0 radical (unpaired) electrons. The van der Waals surface area contributed by atoms with Crippen molar-refractivity contribution in [2.24, 2.45) is 5.10 Å². The number of benzene rings is 3. The molecule has 1 N–H and O–H groups in total. The minimum Gasteiger partial charge on any atom is -0.493 e. The van der Waals surface area contributed by atoms with E-state index in [0.29, 0.717) is 22.4 Å². The summed E-state index contributed by atoms with van der Waals surface area (Å²) in [5.41, 5.74) is 6.96. The lowest BCUT2D eigenvalue weighted by atomic mass is 10.1. The zero-order valence-corrected chi connectivity index (χ0v) is 18.8. The molecule has 162 valence electrons. The number of aromatic nitrogens is 1. The SMILES string of the molecule is COc1cc(/C=N\Nc2nc(-c3ccccc3)c(-c3ccccc3)s2)cc(OC)c1OC. The van der Waals surface area contributed by atoms with Crippen molar-refractivity contribution < 1.29 is 14.2 Å². The number of thiazole rings is 1. The first-order chi connectivity index (χ1) is 15.7. The lowest BCUT2D eigenvalue weighted by Gasteiger charge is -2.12. The standard InChI is InChI=1S/C25H23N3O3S/c1-29-20-14-17(15-21(30-2)23(20)31-3)16-26-28-25-27-22(18-10-6-4-7-11-18)24(32-25)19-12-8-5-9-13-19/h4-16H,1-3H3,(H,27,28)/b26-16-. The Morgan fingerprint density at radius 3 is 1.97 bits per heavy atom. The summed E-state index contributed by atoms with van der Waals surface area (Å²) in [4.78, 5) is 5.89. The molecule has 0 bridgehead atoms. The molecule has 4 aromatic rings. The second kappa shape index (κ2) is 9.98. The molecular formula is C25H23N3O3S. The smallest absolute Gasteiger partial charge is 0.204 e. The highest BCUT2D eigenvalue weighted by Gasteiger charge is 2.15. The highest BCUT2D eigenvalue weighted by Crippen LogP contribution is 2.39. The zero-order valence-electron chi connectivity index (χ0n) is 18.0. The molecule has 7 heteroatoms. The summed E-state index contributed by atoms with van der Waals surface area (Å²) < 4.78 is 16.2. The Bertz CT molecular complexity index is 1130. The molecule has 32 heavy (non-hydrogen) atoms. The topological polar surface area (TPSA) is 65.0 Å². The van der Waals surface area contributed by atoms with Gasteiger partial charge in [0, 0.05) is 11.1 Å². The molecule has 0 unspecified atom stereocenters. The number of nitrogens with one attached hydrogen (secondary N) is 1. The lowest BCUT2D eigenvalue weighted by Crippen LogP contribution is -1.97. The first-order valence-corrected chi connectivity index (χ1v) is 10.8. The quantitative estimate of drug-likeness (QED) is 0.268. The van der Waals surface area contributed by atoms with Gasteiger partial charge in [0.15, 0.2) is 11.5 Å². The number of ether oxygens (including phenoxy) is 3. The molecule has 3 aromatic carbocycles. The molecule has 0 saturated carbocycles. The van der Waals surface area contributed by atoms with E-state index in [1.807, 2.05) is 48.5 Å². The number of hydrogen-bond acceptors (Lipinski definition) is 7. The third-order valence-corrected chi connectivity index (χ3v) is 5.78. The van der Waals surface area contributed by atoms with Crippen molar-refractivity contribution in [2.45, 2.75) is 0 Å². The fourth-order valence-electron chi connectivity index (χ4n) is 3.28. The molecular weight excluding hydrogens is 422 g/mol. The van der Waals surface area contributed by atoms with Crippen LogP contribution in [0.3, 0.4) is 0 Å². The summed E-state index contributed by atoms with van der Waals surface area (Å²) in [5, 5.41) is 5.08. The van der Waals surface area contributed by atoms with Gasteiger partial charge in [0.1, 0.15) is 0 Å². The van der Waals surface area contributed by atoms with E-state index in [-0.39, 0.29) is 0 Å². The van der Waals surface area contributed by atoms with Gasteiger partial charge in [0.2, 0.25) is 10.9 Å². The van der Waals surface area contributed by atoms with E-state index in [0.717, 1.165) is 27.3 Å². The Labute approximate surface area is 191 Å². The lowest BCUT2D eigenvalue weighted by molar-refractivity contribution is 0.324. The third kappa shape index (κ3) is 4.58. The maximum atomic E-state index is 5.40. The highest BCUT2D eigenvalue weighted by molar-refractivity contribution is 7.19. The maximum absolute atomic E-state index is 5.40. The Hall–Kier alpha value is -3.84. The van der Waals surface area contributed by atoms with Gasteiger partial charge in [0.25, 0.3) is 0 Å². The Kier molecular flexibility index (Phi) is 6.67. The Morgan fingerprint density at radius 1 is 0.812 bits per heavy atom. The van der Waals surface area contributed by atoms with Crippen LogP contribution in [0.15, 0.2) is 77.9 Å². The Balaban J connectivity index is 1.63. The molecule has 0 aliphatic carbocycles. The molecule has 0 spiro atoms.